The van der Waals surface area contributed by atoms with E-state index in [-0.39, 0.29) is 5.25 Å². The summed E-state index contributed by atoms with van der Waals surface area (Å²) in [4.78, 5) is 2.27. The van der Waals surface area contributed by atoms with Crippen molar-refractivity contribution >= 4 is 10.0 Å². The maximum absolute atomic E-state index is 12.2. The van der Waals surface area contributed by atoms with Gasteiger partial charge in [0, 0.05) is 12.6 Å². The summed E-state index contributed by atoms with van der Waals surface area (Å²) in [6, 6.07) is 0.371. The normalized spacial score (nSPS) is 28.4. The summed E-state index contributed by atoms with van der Waals surface area (Å²) >= 11 is 0. The fourth-order valence-corrected chi connectivity index (χ4v) is 4.35. The molecule has 0 radical (unpaired) electrons. The summed E-state index contributed by atoms with van der Waals surface area (Å²) in [7, 11) is -1.04. The number of nitrogens with one attached hydrogen (secondary N) is 2. The Bertz CT molecular complexity index is 352. The van der Waals surface area contributed by atoms with Gasteiger partial charge in [-0.15, -0.1) is 0 Å². The lowest BCUT2D eigenvalue weighted by Crippen LogP contribution is -2.48. The van der Waals surface area contributed by atoms with Crippen LogP contribution in [0.5, 0.6) is 0 Å². The summed E-state index contributed by atoms with van der Waals surface area (Å²) in [5.41, 5.74) is 0. The van der Waals surface area contributed by atoms with Gasteiger partial charge in [-0.2, -0.15) is 0 Å². The summed E-state index contributed by atoms with van der Waals surface area (Å²) in [5.74, 6) is 0. The van der Waals surface area contributed by atoms with Crippen molar-refractivity contribution in [1.29, 1.82) is 0 Å². The molecule has 0 spiro atoms. The number of hydrogen-bond donors (Lipinski definition) is 2. The lowest BCUT2D eigenvalue weighted by atomic mass is 10.0. The number of hydrogen-bond acceptors (Lipinski definition) is 4. The lowest BCUT2D eigenvalue weighted by Gasteiger charge is -2.33. The number of piperidine rings is 2. The Kier molecular flexibility index (Phi) is 5.00. The summed E-state index contributed by atoms with van der Waals surface area (Å²) in [6.45, 7) is 3.28. The first-order chi connectivity index (χ1) is 8.59. The van der Waals surface area contributed by atoms with Crippen molar-refractivity contribution in [3.8, 4) is 0 Å². The molecule has 5 nitrogen and oxygen atoms in total. The van der Waals surface area contributed by atoms with Gasteiger partial charge >= 0.3 is 0 Å². The van der Waals surface area contributed by atoms with Gasteiger partial charge in [0.25, 0.3) is 0 Å². The maximum atomic E-state index is 12.2. The molecule has 0 aromatic rings. The molecule has 0 amide bonds. The molecule has 6 heteroatoms. The van der Waals surface area contributed by atoms with Crippen LogP contribution in [0.4, 0.5) is 0 Å². The third-order valence-electron chi connectivity index (χ3n) is 4.17. The second-order valence-electron chi connectivity index (χ2n) is 5.47. The van der Waals surface area contributed by atoms with Crippen molar-refractivity contribution in [3.05, 3.63) is 0 Å². The standard InChI is InChI=1S/C12H25N3O2S/c1-15-9-3-2-4-11(15)10-14-18(16,17)12-5-7-13-8-6-12/h11-14H,2-10H2,1H3. The highest BCUT2D eigenvalue weighted by atomic mass is 32.2. The number of sulfonamides is 1. The third kappa shape index (κ3) is 3.66. The number of rotatable bonds is 4. The van der Waals surface area contributed by atoms with Crippen LogP contribution in [0.1, 0.15) is 32.1 Å². The van der Waals surface area contributed by atoms with Crippen LogP contribution in [-0.4, -0.2) is 57.8 Å². The average Bonchev–Trinajstić information content (AvgIpc) is 2.39. The van der Waals surface area contributed by atoms with Crippen molar-refractivity contribution in [2.24, 2.45) is 0 Å². The molecule has 2 aliphatic heterocycles. The molecular formula is C12H25N3O2S. The van der Waals surface area contributed by atoms with Gasteiger partial charge in [0.15, 0.2) is 0 Å². The van der Waals surface area contributed by atoms with Crippen LogP contribution < -0.4 is 10.0 Å². The van der Waals surface area contributed by atoms with E-state index >= 15 is 0 Å². The Morgan fingerprint density at radius 2 is 1.94 bits per heavy atom. The van der Waals surface area contributed by atoms with E-state index in [1.165, 1.54) is 12.8 Å². The first-order valence-corrected chi connectivity index (χ1v) is 8.53. The SMILES string of the molecule is CN1CCCCC1CNS(=O)(=O)C1CCNCC1. The molecule has 0 aromatic heterocycles. The van der Waals surface area contributed by atoms with E-state index in [4.69, 9.17) is 0 Å². The molecule has 0 saturated carbocycles. The largest absolute Gasteiger partial charge is 0.317 e. The van der Waals surface area contributed by atoms with E-state index in [0.717, 1.165) is 38.9 Å². The van der Waals surface area contributed by atoms with Crippen LogP contribution in [0.2, 0.25) is 0 Å². The molecule has 106 valence electrons. The maximum Gasteiger partial charge on any atom is 0.214 e. The first-order valence-electron chi connectivity index (χ1n) is 6.99. The number of nitrogens with zero attached hydrogens (tertiary/aromatic N) is 1. The molecule has 0 aliphatic carbocycles. The van der Waals surface area contributed by atoms with Gasteiger partial charge in [-0.1, -0.05) is 6.42 Å². The van der Waals surface area contributed by atoms with E-state index in [0.29, 0.717) is 12.6 Å². The van der Waals surface area contributed by atoms with Crippen LogP contribution in [0, 0.1) is 0 Å². The molecule has 18 heavy (non-hydrogen) atoms. The Labute approximate surface area is 110 Å². The van der Waals surface area contributed by atoms with E-state index in [2.05, 4.69) is 22.0 Å². The van der Waals surface area contributed by atoms with Crippen LogP contribution in [-0.2, 0) is 10.0 Å². The van der Waals surface area contributed by atoms with E-state index < -0.39 is 10.0 Å². The highest BCUT2D eigenvalue weighted by molar-refractivity contribution is 7.90. The average molecular weight is 275 g/mol. The minimum Gasteiger partial charge on any atom is -0.317 e. The molecule has 2 fully saturated rings. The zero-order chi connectivity index (χ0) is 13.0. The monoisotopic (exact) mass is 275 g/mol. The highest BCUT2D eigenvalue weighted by Crippen LogP contribution is 2.16. The van der Waals surface area contributed by atoms with E-state index in [1.807, 2.05) is 0 Å². The Morgan fingerprint density at radius 3 is 2.61 bits per heavy atom. The van der Waals surface area contributed by atoms with Crippen LogP contribution >= 0.6 is 0 Å². The second-order valence-corrected chi connectivity index (χ2v) is 7.52. The molecule has 2 aliphatic rings. The van der Waals surface area contributed by atoms with E-state index in [1.54, 1.807) is 0 Å². The van der Waals surface area contributed by atoms with Crippen molar-refractivity contribution in [1.82, 2.24) is 14.9 Å². The fraction of sp³-hybridized carbons (Fsp3) is 1.00. The molecule has 1 atom stereocenters. The summed E-state index contributed by atoms with van der Waals surface area (Å²) < 4.78 is 27.2. The van der Waals surface area contributed by atoms with Gasteiger partial charge in [-0.3, -0.25) is 0 Å². The van der Waals surface area contributed by atoms with Gasteiger partial charge < -0.3 is 10.2 Å². The molecule has 2 heterocycles. The summed E-state index contributed by atoms with van der Waals surface area (Å²) in [5, 5.41) is 3.00. The van der Waals surface area contributed by atoms with E-state index in [9.17, 15) is 8.42 Å². The number of likely N-dealkylation sites (N-methyl/N-ethyl adjacent to an activating group) is 1. The quantitative estimate of drug-likeness (QED) is 0.766. The highest BCUT2D eigenvalue weighted by Gasteiger charge is 2.28. The van der Waals surface area contributed by atoms with Gasteiger partial charge in [0.05, 0.1) is 5.25 Å². The lowest BCUT2D eigenvalue weighted by molar-refractivity contribution is 0.187. The molecule has 1 unspecified atom stereocenters. The minimum absolute atomic E-state index is 0.201. The summed E-state index contributed by atoms with van der Waals surface area (Å²) in [6.07, 6.45) is 5.01. The number of likely N-dealkylation sites (tertiary alicyclic amines) is 1. The first kappa shape index (κ1) is 14.2. The van der Waals surface area contributed by atoms with Gasteiger partial charge in [-0.05, 0) is 52.4 Å². The predicted molar refractivity (Wildman–Crippen MR) is 73.1 cm³/mol. The molecule has 2 N–H and O–H groups in total. The van der Waals surface area contributed by atoms with Crippen molar-refractivity contribution in [3.63, 3.8) is 0 Å². The Balaban J connectivity index is 1.84. The Hall–Kier alpha value is -0.170. The zero-order valence-corrected chi connectivity index (χ0v) is 12.0. The minimum atomic E-state index is -3.12. The fourth-order valence-electron chi connectivity index (χ4n) is 2.84. The topological polar surface area (TPSA) is 61.4 Å². The Morgan fingerprint density at radius 1 is 1.22 bits per heavy atom. The van der Waals surface area contributed by atoms with Crippen molar-refractivity contribution < 1.29 is 8.42 Å². The third-order valence-corrected chi connectivity index (χ3v) is 6.08. The molecule has 0 aromatic carbocycles. The smallest absolute Gasteiger partial charge is 0.214 e. The molecule has 2 saturated heterocycles. The van der Waals surface area contributed by atoms with Crippen LogP contribution in [0.25, 0.3) is 0 Å². The molecule has 2 rings (SSSR count). The predicted octanol–water partition coefficient (Wildman–Crippen LogP) is 0.142. The van der Waals surface area contributed by atoms with Gasteiger partial charge in [0.2, 0.25) is 10.0 Å². The van der Waals surface area contributed by atoms with Gasteiger partial charge in [-0.25, -0.2) is 13.1 Å². The second kappa shape index (κ2) is 6.32. The van der Waals surface area contributed by atoms with Crippen LogP contribution in [0.15, 0.2) is 0 Å². The van der Waals surface area contributed by atoms with Crippen LogP contribution in [0.3, 0.4) is 0 Å². The molecule has 0 bridgehead atoms. The molecular weight excluding hydrogens is 250 g/mol. The van der Waals surface area contributed by atoms with Gasteiger partial charge in [0.1, 0.15) is 0 Å². The van der Waals surface area contributed by atoms with Crippen molar-refractivity contribution in [2.45, 2.75) is 43.4 Å². The van der Waals surface area contributed by atoms with Crippen molar-refractivity contribution in [2.75, 3.05) is 33.2 Å². The zero-order valence-electron chi connectivity index (χ0n) is 11.2.